The molecule has 1 saturated heterocycles. The molecule has 2 N–H and O–H groups in total. The van der Waals surface area contributed by atoms with Gasteiger partial charge in [0.25, 0.3) is 0 Å². The minimum Gasteiger partial charge on any atom is -0.496 e. The molecule has 25 heavy (non-hydrogen) atoms. The summed E-state index contributed by atoms with van der Waals surface area (Å²) in [5, 5.41) is 7.48. The van der Waals surface area contributed by atoms with Gasteiger partial charge in [-0.05, 0) is 43.0 Å². The molecule has 1 aliphatic rings. The Morgan fingerprint density at radius 1 is 1.16 bits per heavy atom. The van der Waals surface area contributed by atoms with Gasteiger partial charge in [0.2, 0.25) is 0 Å². The lowest BCUT2D eigenvalue weighted by atomic mass is 9.92. The van der Waals surface area contributed by atoms with Crippen LogP contribution in [-0.4, -0.2) is 19.7 Å². The van der Waals surface area contributed by atoms with E-state index >= 15 is 0 Å². The van der Waals surface area contributed by atoms with Crippen molar-refractivity contribution in [1.29, 1.82) is 0 Å². The predicted molar refractivity (Wildman–Crippen MR) is 104 cm³/mol. The summed E-state index contributed by atoms with van der Waals surface area (Å²) in [7, 11) is 1.76. The van der Waals surface area contributed by atoms with Crippen molar-refractivity contribution >= 4 is 0 Å². The molecule has 2 aromatic rings. The first kappa shape index (κ1) is 18.0. The number of ether oxygens (including phenoxy) is 1. The van der Waals surface area contributed by atoms with Crippen molar-refractivity contribution in [2.75, 3.05) is 13.7 Å². The Labute approximate surface area is 151 Å². The average molecular weight is 338 g/mol. The summed E-state index contributed by atoms with van der Waals surface area (Å²) < 4.78 is 5.57. The van der Waals surface area contributed by atoms with Crippen LogP contribution in [0, 0.1) is 0 Å². The molecule has 0 saturated carbocycles. The van der Waals surface area contributed by atoms with E-state index < -0.39 is 0 Å². The summed E-state index contributed by atoms with van der Waals surface area (Å²) in [6.07, 6.45) is 4.70. The molecule has 0 spiro atoms. The molecule has 3 heteroatoms. The van der Waals surface area contributed by atoms with Crippen LogP contribution >= 0.6 is 0 Å². The highest BCUT2D eigenvalue weighted by molar-refractivity contribution is 5.37. The Balaban J connectivity index is 1.71. The standard InChI is InChI=1S/C22H30N2O/c1-3-8-17-12-13-21(25-2)19(15-17)16-24-20-11-7-14-23-22(20)18-9-5-4-6-10-18/h4-6,9-10,12-13,15,20,22-24H,3,7-8,11,14,16H2,1-2H3. The third-order valence-electron chi connectivity index (χ3n) is 5.06. The quantitative estimate of drug-likeness (QED) is 0.792. The molecule has 1 aliphatic heterocycles. The molecule has 3 nitrogen and oxygen atoms in total. The minimum atomic E-state index is 0.375. The van der Waals surface area contributed by atoms with Crippen molar-refractivity contribution in [2.24, 2.45) is 0 Å². The van der Waals surface area contributed by atoms with Gasteiger partial charge in [-0.2, -0.15) is 0 Å². The monoisotopic (exact) mass is 338 g/mol. The molecule has 3 rings (SSSR count). The lowest BCUT2D eigenvalue weighted by molar-refractivity contribution is 0.303. The number of aryl methyl sites for hydroxylation is 1. The van der Waals surface area contributed by atoms with Gasteiger partial charge in [0.15, 0.2) is 0 Å². The van der Waals surface area contributed by atoms with Crippen molar-refractivity contribution in [3.63, 3.8) is 0 Å². The number of methoxy groups -OCH3 is 1. The molecule has 0 amide bonds. The van der Waals surface area contributed by atoms with Gasteiger partial charge in [-0.1, -0.05) is 55.8 Å². The highest BCUT2D eigenvalue weighted by atomic mass is 16.5. The molecule has 0 bridgehead atoms. The third kappa shape index (κ3) is 4.62. The summed E-state index contributed by atoms with van der Waals surface area (Å²) in [5.41, 5.74) is 4.01. The highest BCUT2D eigenvalue weighted by Gasteiger charge is 2.25. The Kier molecular flexibility index (Phi) is 6.48. The van der Waals surface area contributed by atoms with E-state index in [1.165, 1.54) is 36.0 Å². The van der Waals surface area contributed by atoms with E-state index in [-0.39, 0.29) is 0 Å². The molecule has 2 aromatic carbocycles. The summed E-state index contributed by atoms with van der Waals surface area (Å²) in [6, 6.07) is 18.2. The van der Waals surface area contributed by atoms with Gasteiger partial charge >= 0.3 is 0 Å². The SMILES string of the molecule is CCCc1ccc(OC)c(CNC2CCCNC2c2ccccc2)c1. The molecular weight excluding hydrogens is 308 g/mol. The Morgan fingerprint density at radius 2 is 2.00 bits per heavy atom. The van der Waals surface area contributed by atoms with Gasteiger partial charge < -0.3 is 15.4 Å². The highest BCUT2D eigenvalue weighted by Crippen LogP contribution is 2.25. The van der Waals surface area contributed by atoms with Crippen molar-refractivity contribution in [1.82, 2.24) is 10.6 Å². The Hall–Kier alpha value is -1.84. The van der Waals surface area contributed by atoms with Gasteiger partial charge in [-0.15, -0.1) is 0 Å². The molecule has 2 unspecified atom stereocenters. The lowest BCUT2D eigenvalue weighted by Gasteiger charge is -2.34. The van der Waals surface area contributed by atoms with E-state index in [1.807, 2.05) is 0 Å². The van der Waals surface area contributed by atoms with Crippen LogP contribution in [0.5, 0.6) is 5.75 Å². The van der Waals surface area contributed by atoms with Crippen LogP contribution in [0.3, 0.4) is 0 Å². The molecule has 0 aliphatic carbocycles. The second-order valence-electron chi connectivity index (χ2n) is 6.87. The first-order valence-corrected chi connectivity index (χ1v) is 9.49. The summed E-state index contributed by atoms with van der Waals surface area (Å²) in [6.45, 7) is 4.16. The van der Waals surface area contributed by atoms with Crippen LogP contribution in [-0.2, 0) is 13.0 Å². The Morgan fingerprint density at radius 3 is 2.76 bits per heavy atom. The zero-order chi connectivity index (χ0) is 17.5. The number of hydrogen-bond donors (Lipinski definition) is 2. The van der Waals surface area contributed by atoms with Crippen molar-refractivity contribution in [3.8, 4) is 5.75 Å². The fourth-order valence-electron chi connectivity index (χ4n) is 3.77. The zero-order valence-electron chi connectivity index (χ0n) is 15.4. The molecule has 0 aromatic heterocycles. The largest absolute Gasteiger partial charge is 0.496 e. The Bertz CT molecular complexity index is 656. The summed E-state index contributed by atoms with van der Waals surface area (Å²) in [4.78, 5) is 0. The molecule has 1 heterocycles. The van der Waals surface area contributed by atoms with Crippen LogP contribution in [0.25, 0.3) is 0 Å². The van der Waals surface area contributed by atoms with Crippen molar-refractivity contribution in [3.05, 3.63) is 65.2 Å². The van der Waals surface area contributed by atoms with Crippen LogP contribution < -0.4 is 15.4 Å². The maximum Gasteiger partial charge on any atom is 0.123 e. The number of rotatable bonds is 7. The van der Waals surface area contributed by atoms with Gasteiger partial charge in [0.1, 0.15) is 5.75 Å². The minimum absolute atomic E-state index is 0.375. The number of benzene rings is 2. The van der Waals surface area contributed by atoms with Gasteiger partial charge in [-0.25, -0.2) is 0 Å². The molecule has 134 valence electrons. The van der Waals surface area contributed by atoms with E-state index in [0.717, 1.165) is 25.3 Å². The summed E-state index contributed by atoms with van der Waals surface area (Å²) >= 11 is 0. The van der Waals surface area contributed by atoms with Gasteiger partial charge in [0, 0.05) is 24.2 Å². The van der Waals surface area contributed by atoms with Crippen LogP contribution in [0.1, 0.15) is 48.9 Å². The van der Waals surface area contributed by atoms with E-state index in [9.17, 15) is 0 Å². The number of nitrogens with one attached hydrogen (secondary N) is 2. The lowest BCUT2D eigenvalue weighted by Crippen LogP contribution is -2.45. The topological polar surface area (TPSA) is 33.3 Å². The maximum absolute atomic E-state index is 5.57. The molecule has 0 radical (unpaired) electrons. The van der Waals surface area contributed by atoms with Gasteiger partial charge in [0.05, 0.1) is 7.11 Å². The number of piperidine rings is 1. The zero-order valence-corrected chi connectivity index (χ0v) is 15.4. The van der Waals surface area contributed by atoms with Gasteiger partial charge in [-0.3, -0.25) is 0 Å². The van der Waals surface area contributed by atoms with E-state index in [2.05, 4.69) is 66.1 Å². The van der Waals surface area contributed by atoms with Crippen molar-refractivity contribution in [2.45, 2.75) is 51.2 Å². The van der Waals surface area contributed by atoms with Crippen molar-refractivity contribution < 1.29 is 4.74 Å². The van der Waals surface area contributed by atoms with Crippen LogP contribution in [0.2, 0.25) is 0 Å². The average Bonchev–Trinajstić information content (AvgIpc) is 2.68. The third-order valence-corrected chi connectivity index (χ3v) is 5.06. The predicted octanol–water partition coefficient (Wildman–Crippen LogP) is 4.23. The second kappa shape index (κ2) is 9.02. The molecular formula is C22H30N2O. The molecule has 2 atom stereocenters. The first-order chi connectivity index (χ1) is 12.3. The maximum atomic E-state index is 5.57. The van der Waals surface area contributed by atoms with E-state index in [0.29, 0.717) is 12.1 Å². The van der Waals surface area contributed by atoms with E-state index in [1.54, 1.807) is 7.11 Å². The number of hydrogen-bond acceptors (Lipinski definition) is 3. The second-order valence-corrected chi connectivity index (χ2v) is 6.87. The van der Waals surface area contributed by atoms with E-state index in [4.69, 9.17) is 4.74 Å². The van der Waals surface area contributed by atoms with Crippen LogP contribution in [0.4, 0.5) is 0 Å². The smallest absolute Gasteiger partial charge is 0.123 e. The fraction of sp³-hybridized carbons (Fsp3) is 0.455. The van der Waals surface area contributed by atoms with Crippen LogP contribution in [0.15, 0.2) is 48.5 Å². The summed E-state index contributed by atoms with van der Waals surface area (Å²) in [5.74, 6) is 0.979. The first-order valence-electron chi connectivity index (χ1n) is 9.49. The fourth-order valence-corrected chi connectivity index (χ4v) is 3.77. The normalized spacial score (nSPS) is 20.4. The molecule has 1 fully saturated rings.